The van der Waals surface area contributed by atoms with Gasteiger partial charge in [-0.05, 0) is 41.0 Å². The quantitative estimate of drug-likeness (QED) is 0.423. The maximum atomic E-state index is 12.4. The Hall–Kier alpha value is -3.06. The minimum absolute atomic E-state index is 0.0292. The predicted octanol–water partition coefficient (Wildman–Crippen LogP) is 6.21. The number of rotatable bonds is 4. The summed E-state index contributed by atoms with van der Waals surface area (Å²) in [4.78, 5) is 12.4. The van der Waals surface area contributed by atoms with Crippen LogP contribution in [0.15, 0.2) is 78.4 Å². The first-order chi connectivity index (χ1) is 13.1. The van der Waals surface area contributed by atoms with E-state index in [0.29, 0.717) is 15.7 Å². The summed E-state index contributed by atoms with van der Waals surface area (Å²) in [5.74, 6) is -0.547. The fraction of sp³-hybridized carbons (Fsp3) is 0. The van der Waals surface area contributed by atoms with Gasteiger partial charge in [0.25, 0.3) is 5.91 Å². The van der Waals surface area contributed by atoms with E-state index in [2.05, 4.69) is 5.32 Å². The van der Waals surface area contributed by atoms with Gasteiger partial charge < -0.3 is 5.32 Å². The van der Waals surface area contributed by atoms with E-state index in [1.54, 1.807) is 12.1 Å². The van der Waals surface area contributed by atoms with Crippen LogP contribution in [-0.2, 0) is 4.79 Å². The Bertz CT molecular complexity index is 1040. The Morgan fingerprint density at radius 3 is 2.26 bits per heavy atom. The molecule has 1 N–H and O–H groups in total. The zero-order valence-corrected chi connectivity index (χ0v) is 15.6. The van der Waals surface area contributed by atoms with Crippen LogP contribution < -0.4 is 5.32 Å². The molecule has 3 nitrogen and oxygen atoms in total. The van der Waals surface area contributed by atoms with Gasteiger partial charge in [-0.3, -0.25) is 4.79 Å². The highest BCUT2D eigenvalue weighted by Crippen LogP contribution is 2.26. The van der Waals surface area contributed by atoms with Crippen molar-refractivity contribution in [3.63, 3.8) is 0 Å². The molecule has 0 saturated carbocycles. The molecule has 0 atom stereocenters. The fourth-order valence-electron chi connectivity index (χ4n) is 2.50. The van der Waals surface area contributed by atoms with E-state index in [-0.39, 0.29) is 5.57 Å². The van der Waals surface area contributed by atoms with E-state index < -0.39 is 5.91 Å². The molecule has 132 valence electrons. The van der Waals surface area contributed by atoms with Crippen molar-refractivity contribution in [2.75, 3.05) is 5.32 Å². The van der Waals surface area contributed by atoms with Gasteiger partial charge in [0, 0.05) is 5.02 Å². The van der Waals surface area contributed by atoms with Crippen LogP contribution in [0.3, 0.4) is 0 Å². The molecule has 0 fully saturated rings. The maximum absolute atomic E-state index is 12.4. The molecule has 0 aromatic heterocycles. The second kappa shape index (κ2) is 8.55. The average molecular weight is 393 g/mol. The molecule has 0 unspecified atom stereocenters. The molecular weight excluding hydrogens is 379 g/mol. The fourth-order valence-corrected chi connectivity index (χ4v) is 2.84. The molecule has 3 aromatic carbocycles. The topological polar surface area (TPSA) is 52.9 Å². The van der Waals surface area contributed by atoms with Crippen molar-refractivity contribution < 1.29 is 4.79 Å². The Morgan fingerprint density at radius 1 is 0.926 bits per heavy atom. The monoisotopic (exact) mass is 392 g/mol. The lowest BCUT2D eigenvalue weighted by atomic mass is 10.0. The van der Waals surface area contributed by atoms with Crippen LogP contribution in [0.1, 0.15) is 5.56 Å². The Labute approximate surface area is 167 Å². The first-order valence-electron chi connectivity index (χ1n) is 8.10. The number of nitriles is 1. The van der Waals surface area contributed by atoms with E-state index in [4.69, 9.17) is 23.2 Å². The molecule has 0 spiro atoms. The van der Waals surface area contributed by atoms with E-state index in [1.165, 1.54) is 12.1 Å². The Kier molecular flexibility index (Phi) is 5.93. The molecule has 0 radical (unpaired) electrons. The highest BCUT2D eigenvalue weighted by atomic mass is 35.5. The number of carbonyl (C=O) groups is 1. The summed E-state index contributed by atoms with van der Waals surface area (Å²) < 4.78 is 0. The molecule has 0 aliphatic carbocycles. The summed E-state index contributed by atoms with van der Waals surface area (Å²) in [5, 5.41) is 12.8. The molecule has 3 rings (SSSR count). The van der Waals surface area contributed by atoms with Crippen molar-refractivity contribution in [1.82, 2.24) is 0 Å². The van der Waals surface area contributed by atoms with Gasteiger partial charge in [0.1, 0.15) is 11.6 Å². The van der Waals surface area contributed by atoms with Crippen LogP contribution >= 0.6 is 23.2 Å². The lowest BCUT2D eigenvalue weighted by molar-refractivity contribution is -0.112. The van der Waals surface area contributed by atoms with E-state index >= 15 is 0 Å². The van der Waals surface area contributed by atoms with E-state index in [0.717, 1.165) is 16.7 Å². The molecule has 5 heteroatoms. The second-order valence-electron chi connectivity index (χ2n) is 5.74. The number of carbonyl (C=O) groups excluding carboxylic acids is 1. The minimum Gasteiger partial charge on any atom is -0.320 e. The standard InChI is InChI=1S/C22H14Cl2N2O/c23-19-10-11-20(24)21(13-19)26-22(27)18(14-25)12-15-6-8-17(9-7-15)16-4-2-1-3-5-16/h1-13H,(H,26,27). The number of anilines is 1. The lowest BCUT2D eigenvalue weighted by Crippen LogP contribution is -2.13. The maximum Gasteiger partial charge on any atom is 0.266 e. The van der Waals surface area contributed by atoms with Crippen LogP contribution in [0.25, 0.3) is 17.2 Å². The number of amides is 1. The molecule has 0 aliphatic rings. The minimum atomic E-state index is -0.547. The average Bonchev–Trinajstić information content (AvgIpc) is 2.70. The van der Waals surface area contributed by atoms with Gasteiger partial charge in [0.05, 0.1) is 10.7 Å². The molecule has 27 heavy (non-hydrogen) atoms. The molecule has 0 aliphatic heterocycles. The normalized spacial score (nSPS) is 10.9. The Morgan fingerprint density at radius 2 is 1.59 bits per heavy atom. The van der Waals surface area contributed by atoms with Gasteiger partial charge in [-0.2, -0.15) is 5.26 Å². The first kappa shape index (κ1) is 18.7. The van der Waals surface area contributed by atoms with Crippen molar-refractivity contribution in [2.24, 2.45) is 0 Å². The smallest absolute Gasteiger partial charge is 0.266 e. The van der Waals surface area contributed by atoms with Crippen molar-refractivity contribution in [3.05, 3.63) is 94.0 Å². The summed E-state index contributed by atoms with van der Waals surface area (Å²) in [6.07, 6.45) is 1.53. The highest BCUT2D eigenvalue weighted by Gasteiger charge is 2.12. The number of nitrogens with one attached hydrogen (secondary N) is 1. The Balaban J connectivity index is 1.80. The van der Waals surface area contributed by atoms with Gasteiger partial charge in [0.2, 0.25) is 0 Å². The van der Waals surface area contributed by atoms with Crippen molar-refractivity contribution in [2.45, 2.75) is 0 Å². The SMILES string of the molecule is N#CC(=Cc1ccc(-c2ccccc2)cc1)C(=O)Nc1cc(Cl)ccc1Cl. The van der Waals surface area contributed by atoms with Crippen molar-refractivity contribution in [3.8, 4) is 17.2 Å². The number of benzene rings is 3. The molecule has 1 amide bonds. The van der Waals surface area contributed by atoms with Crippen LogP contribution in [0.4, 0.5) is 5.69 Å². The first-order valence-corrected chi connectivity index (χ1v) is 8.86. The summed E-state index contributed by atoms with van der Waals surface area (Å²) in [5.41, 5.74) is 3.23. The molecular formula is C22H14Cl2N2O. The van der Waals surface area contributed by atoms with Crippen LogP contribution in [0, 0.1) is 11.3 Å². The molecule has 0 bridgehead atoms. The highest BCUT2D eigenvalue weighted by molar-refractivity contribution is 6.36. The van der Waals surface area contributed by atoms with Gasteiger partial charge in [0.15, 0.2) is 0 Å². The number of hydrogen-bond donors (Lipinski definition) is 1. The van der Waals surface area contributed by atoms with Crippen molar-refractivity contribution in [1.29, 1.82) is 5.26 Å². The summed E-state index contributed by atoms with van der Waals surface area (Å²) >= 11 is 12.0. The van der Waals surface area contributed by atoms with E-state index in [9.17, 15) is 10.1 Å². The van der Waals surface area contributed by atoms with Gasteiger partial charge in [-0.15, -0.1) is 0 Å². The second-order valence-corrected chi connectivity index (χ2v) is 6.58. The number of halogens is 2. The van der Waals surface area contributed by atoms with Crippen LogP contribution in [0.5, 0.6) is 0 Å². The zero-order valence-electron chi connectivity index (χ0n) is 14.1. The summed E-state index contributed by atoms with van der Waals surface area (Å²) in [7, 11) is 0. The predicted molar refractivity (Wildman–Crippen MR) is 111 cm³/mol. The third kappa shape index (κ3) is 4.77. The summed E-state index contributed by atoms with van der Waals surface area (Å²) in [6.45, 7) is 0. The third-order valence-corrected chi connectivity index (χ3v) is 4.44. The van der Waals surface area contributed by atoms with Crippen LogP contribution in [-0.4, -0.2) is 5.91 Å². The zero-order chi connectivity index (χ0) is 19.2. The largest absolute Gasteiger partial charge is 0.320 e. The number of hydrogen-bond acceptors (Lipinski definition) is 2. The molecule has 0 heterocycles. The van der Waals surface area contributed by atoms with Crippen molar-refractivity contribution >= 4 is 40.9 Å². The number of nitrogens with zero attached hydrogens (tertiary/aromatic N) is 1. The lowest BCUT2D eigenvalue weighted by Gasteiger charge is -2.07. The third-order valence-electron chi connectivity index (χ3n) is 3.87. The van der Waals surface area contributed by atoms with Gasteiger partial charge in [-0.25, -0.2) is 0 Å². The molecule has 3 aromatic rings. The van der Waals surface area contributed by atoms with Gasteiger partial charge in [-0.1, -0.05) is 77.8 Å². The van der Waals surface area contributed by atoms with Gasteiger partial charge >= 0.3 is 0 Å². The van der Waals surface area contributed by atoms with E-state index in [1.807, 2.05) is 60.7 Å². The summed E-state index contributed by atoms with van der Waals surface area (Å²) in [6, 6.07) is 24.2. The molecule has 0 saturated heterocycles. The van der Waals surface area contributed by atoms with Crippen LogP contribution in [0.2, 0.25) is 10.0 Å².